The van der Waals surface area contributed by atoms with Crippen molar-refractivity contribution in [3.63, 3.8) is 0 Å². The van der Waals surface area contributed by atoms with Crippen LogP contribution in [0, 0.1) is 0 Å². The lowest BCUT2D eigenvalue weighted by Crippen LogP contribution is -2.48. The molecule has 24 heavy (non-hydrogen) atoms. The summed E-state index contributed by atoms with van der Waals surface area (Å²) in [6.45, 7) is 2.71. The molecular formula is C18H18ClN3O2. The van der Waals surface area contributed by atoms with E-state index in [0.717, 1.165) is 18.8 Å². The number of anilines is 1. The van der Waals surface area contributed by atoms with Crippen LogP contribution in [0.2, 0.25) is 5.02 Å². The second-order valence-electron chi connectivity index (χ2n) is 5.67. The minimum absolute atomic E-state index is 0.0377. The van der Waals surface area contributed by atoms with Gasteiger partial charge in [-0.15, -0.1) is 0 Å². The second-order valence-corrected chi connectivity index (χ2v) is 6.08. The molecule has 0 aliphatic carbocycles. The van der Waals surface area contributed by atoms with Crippen LogP contribution < -0.4 is 10.6 Å². The third-order valence-corrected chi connectivity index (χ3v) is 4.52. The number of benzene rings is 2. The van der Waals surface area contributed by atoms with Crippen LogP contribution in [0.1, 0.15) is 20.7 Å². The molecule has 1 aliphatic heterocycles. The van der Waals surface area contributed by atoms with Gasteiger partial charge in [-0.2, -0.15) is 0 Å². The standard InChI is InChI=1S/C18H18ClN3O2/c19-16-4-2-1-3-15(16)18(24)22-11-9-21(10-12-22)14-7-5-13(6-8-14)17(20)23/h1-8H,9-12H2,(H2,20,23). The lowest BCUT2D eigenvalue weighted by Gasteiger charge is -2.36. The molecule has 6 heteroatoms. The zero-order chi connectivity index (χ0) is 17.1. The molecule has 0 saturated carbocycles. The van der Waals surface area contributed by atoms with Crippen molar-refractivity contribution < 1.29 is 9.59 Å². The van der Waals surface area contributed by atoms with Crippen LogP contribution in [0.4, 0.5) is 5.69 Å². The summed E-state index contributed by atoms with van der Waals surface area (Å²) in [4.78, 5) is 27.7. The first-order valence-corrected chi connectivity index (χ1v) is 8.12. The highest BCUT2D eigenvalue weighted by molar-refractivity contribution is 6.33. The molecule has 2 aromatic carbocycles. The molecule has 124 valence electrons. The summed E-state index contributed by atoms with van der Waals surface area (Å²) in [6.07, 6.45) is 0. The van der Waals surface area contributed by atoms with Crippen LogP contribution in [-0.2, 0) is 0 Å². The molecule has 2 amide bonds. The van der Waals surface area contributed by atoms with Crippen LogP contribution in [0.25, 0.3) is 0 Å². The predicted octanol–water partition coefficient (Wildman–Crippen LogP) is 2.40. The fourth-order valence-corrected chi connectivity index (χ4v) is 3.03. The van der Waals surface area contributed by atoms with Crippen molar-refractivity contribution in [1.82, 2.24) is 4.90 Å². The largest absolute Gasteiger partial charge is 0.368 e. The van der Waals surface area contributed by atoms with Gasteiger partial charge in [-0.05, 0) is 36.4 Å². The Hall–Kier alpha value is -2.53. The van der Waals surface area contributed by atoms with Gasteiger partial charge in [-0.3, -0.25) is 9.59 Å². The number of primary amides is 1. The highest BCUT2D eigenvalue weighted by Crippen LogP contribution is 2.21. The van der Waals surface area contributed by atoms with E-state index in [4.69, 9.17) is 17.3 Å². The van der Waals surface area contributed by atoms with Gasteiger partial charge in [0.25, 0.3) is 5.91 Å². The number of nitrogens with two attached hydrogens (primary N) is 1. The summed E-state index contributed by atoms with van der Waals surface area (Å²) in [5, 5.41) is 0.479. The quantitative estimate of drug-likeness (QED) is 0.930. The number of carbonyl (C=O) groups is 2. The molecule has 2 aromatic rings. The van der Waals surface area contributed by atoms with E-state index in [1.54, 1.807) is 24.3 Å². The topological polar surface area (TPSA) is 66.6 Å². The molecule has 0 atom stereocenters. The maximum Gasteiger partial charge on any atom is 0.255 e. The van der Waals surface area contributed by atoms with E-state index >= 15 is 0 Å². The van der Waals surface area contributed by atoms with Gasteiger partial charge in [-0.25, -0.2) is 0 Å². The van der Waals surface area contributed by atoms with E-state index in [2.05, 4.69) is 4.90 Å². The minimum Gasteiger partial charge on any atom is -0.368 e. The monoisotopic (exact) mass is 343 g/mol. The molecule has 5 nitrogen and oxygen atoms in total. The second kappa shape index (κ2) is 6.93. The maximum atomic E-state index is 12.6. The number of amides is 2. The number of carbonyl (C=O) groups excluding carboxylic acids is 2. The molecule has 0 unspecified atom stereocenters. The molecule has 1 aliphatic rings. The first kappa shape index (κ1) is 16.3. The molecule has 0 aromatic heterocycles. The van der Waals surface area contributed by atoms with E-state index in [1.807, 2.05) is 29.2 Å². The van der Waals surface area contributed by atoms with E-state index in [1.165, 1.54) is 0 Å². The Morgan fingerprint density at radius 2 is 1.54 bits per heavy atom. The van der Waals surface area contributed by atoms with Crippen LogP contribution in [0.5, 0.6) is 0 Å². The average molecular weight is 344 g/mol. The van der Waals surface area contributed by atoms with E-state index < -0.39 is 5.91 Å². The maximum absolute atomic E-state index is 12.6. The summed E-state index contributed by atoms with van der Waals surface area (Å²) in [5.74, 6) is -0.471. The minimum atomic E-state index is -0.434. The smallest absolute Gasteiger partial charge is 0.255 e. The van der Waals surface area contributed by atoms with Crippen molar-refractivity contribution in [2.45, 2.75) is 0 Å². The number of hydrogen-bond acceptors (Lipinski definition) is 3. The molecule has 1 heterocycles. The number of nitrogens with zero attached hydrogens (tertiary/aromatic N) is 2. The van der Waals surface area contributed by atoms with Crippen molar-refractivity contribution in [2.24, 2.45) is 5.73 Å². The van der Waals surface area contributed by atoms with Gasteiger partial charge in [-0.1, -0.05) is 23.7 Å². The summed E-state index contributed by atoms with van der Waals surface area (Å²) in [6, 6.07) is 14.3. The van der Waals surface area contributed by atoms with Gasteiger partial charge in [0.05, 0.1) is 10.6 Å². The number of rotatable bonds is 3. The van der Waals surface area contributed by atoms with Crippen LogP contribution >= 0.6 is 11.6 Å². The van der Waals surface area contributed by atoms with Gasteiger partial charge in [0.1, 0.15) is 0 Å². The van der Waals surface area contributed by atoms with E-state index in [9.17, 15) is 9.59 Å². The SMILES string of the molecule is NC(=O)c1ccc(N2CCN(C(=O)c3ccccc3Cl)CC2)cc1. The first-order chi connectivity index (χ1) is 11.6. The molecule has 1 saturated heterocycles. The van der Waals surface area contributed by atoms with Crippen molar-refractivity contribution in [1.29, 1.82) is 0 Å². The average Bonchev–Trinajstić information content (AvgIpc) is 2.62. The fraction of sp³-hybridized carbons (Fsp3) is 0.222. The zero-order valence-corrected chi connectivity index (χ0v) is 13.9. The van der Waals surface area contributed by atoms with Crippen molar-refractivity contribution >= 4 is 29.1 Å². The Morgan fingerprint density at radius 1 is 0.917 bits per heavy atom. The van der Waals surface area contributed by atoms with Crippen LogP contribution in [0.3, 0.4) is 0 Å². The normalized spacial score (nSPS) is 14.5. The van der Waals surface area contributed by atoms with Crippen molar-refractivity contribution in [3.05, 3.63) is 64.7 Å². The highest BCUT2D eigenvalue weighted by atomic mass is 35.5. The summed E-state index contributed by atoms with van der Waals surface area (Å²) < 4.78 is 0. The molecule has 0 radical (unpaired) electrons. The molecule has 0 spiro atoms. The summed E-state index contributed by atoms with van der Waals surface area (Å²) in [7, 11) is 0. The summed E-state index contributed by atoms with van der Waals surface area (Å²) >= 11 is 6.11. The highest BCUT2D eigenvalue weighted by Gasteiger charge is 2.23. The van der Waals surface area contributed by atoms with Crippen LogP contribution in [-0.4, -0.2) is 42.9 Å². The molecule has 2 N–H and O–H groups in total. The van der Waals surface area contributed by atoms with Gasteiger partial charge in [0.15, 0.2) is 0 Å². The summed E-state index contributed by atoms with van der Waals surface area (Å²) in [5.41, 5.74) is 7.30. The van der Waals surface area contributed by atoms with Gasteiger partial charge in [0.2, 0.25) is 5.91 Å². The number of piperazine rings is 1. The first-order valence-electron chi connectivity index (χ1n) is 7.75. The Kier molecular flexibility index (Phi) is 4.71. The van der Waals surface area contributed by atoms with Gasteiger partial charge < -0.3 is 15.5 Å². The Bertz CT molecular complexity index is 753. The van der Waals surface area contributed by atoms with Crippen molar-refractivity contribution in [3.8, 4) is 0 Å². The van der Waals surface area contributed by atoms with Crippen LogP contribution in [0.15, 0.2) is 48.5 Å². The number of halogens is 1. The molecule has 1 fully saturated rings. The Morgan fingerprint density at radius 3 is 2.12 bits per heavy atom. The zero-order valence-electron chi connectivity index (χ0n) is 13.1. The third-order valence-electron chi connectivity index (χ3n) is 4.19. The number of hydrogen-bond donors (Lipinski definition) is 1. The molecule has 0 bridgehead atoms. The van der Waals surface area contributed by atoms with Crippen molar-refractivity contribution in [2.75, 3.05) is 31.1 Å². The fourth-order valence-electron chi connectivity index (χ4n) is 2.81. The molecule has 3 rings (SSSR count). The lowest BCUT2D eigenvalue weighted by molar-refractivity contribution is 0.0746. The van der Waals surface area contributed by atoms with E-state index in [0.29, 0.717) is 29.2 Å². The Labute approximate surface area is 145 Å². The van der Waals surface area contributed by atoms with Gasteiger partial charge in [0, 0.05) is 37.4 Å². The lowest BCUT2D eigenvalue weighted by atomic mass is 10.1. The predicted molar refractivity (Wildman–Crippen MR) is 94.5 cm³/mol. The third kappa shape index (κ3) is 3.36. The van der Waals surface area contributed by atoms with Gasteiger partial charge >= 0.3 is 0 Å². The Balaban J connectivity index is 1.64. The van der Waals surface area contributed by atoms with E-state index in [-0.39, 0.29) is 5.91 Å². The molecular weight excluding hydrogens is 326 g/mol.